The molecular formula is C10H14F2N4O2. The molecule has 1 heterocycles. The number of primary amides is 1. The number of amides is 1. The molecule has 1 rings (SSSR count). The Bertz CT molecular complexity index is 428. The monoisotopic (exact) mass is 260 g/mol. The van der Waals surface area contributed by atoms with Crippen LogP contribution in [0.3, 0.4) is 0 Å². The minimum absolute atomic E-state index is 0.00315. The van der Waals surface area contributed by atoms with E-state index in [0.29, 0.717) is 0 Å². The Balaban J connectivity index is 3.13. The van der Waals surface area contributed by atoms with Crippen LogP contribution >= 0.6 is 0 Å². The van der Waals surface area contributed by atoms with Crippen molar-refractivity contribution in [1.82, 2.24) is 4.98 Å². The molecule has 18 heavy (non-hydrogen) atoms. The first-order chi connectivity index (χ1) is 8.45. The van der Waals surface area contributed by atoms with Gasteiger partial charge in [-0.3, -0.25) is 4.79 Å². The summed E-state index contributed by atoms with van der Waals surface area (Å²) < 4.78 is 24.8. The van der Waals surface area contributed by atoms with Crippen LogP contribution in [0.15, 0.2) is 12.3 Å². The van der Waals surface area contributed by atoms with E-state index >= 15 is 0 Å². The Labute approximate surface area is 102 Å². The summed E-state index contributed by atoms with van der Waals surface area (Å²) in [6.45, 7) is -1.03. The van der Waals surface area contributed by atoms with Crippen molar-refractivity contribution < 1.29 is 18.7 Å². The summed E-state index contributed by atoms with van der Waals surface area (Å²) in [6.07, 6.45) is -1.43. The number of anilines is 2. The number of carbonyl (C=O) groups excluding carboxylic acids is 1. The second-order valence-electron chi connectivity index (χ2n) is 3.55. The van der Waals surface area contributed by atoms with E-state index in [9.17, 15) is 13.6 Å². The number of hydrogen-bond acceptors (Lipinski definition) is 5. The fourth-order valence-electron chi connectivity index (χ4n) is 1.51. The predicted octanol–water partition coefficient (Wildman–Crippen LogP) is -0.174. The minimum atomic E-state index is -2.62. The number of pyridine rings is 1. The van der Waals surface area contributed by atoms with Gasteiger partial charge in [-0.2, -0.15) is 0 Å². The zero-order chi connectivity index (χ0) is 13.7. The lowest BCUT2D eigenvalue weighted by Gasteiger charge is -2.24. The van der Waals surface area contributed by atoms with E-state index in [2.05, 4.69) is 4.98 Å². The van der Waals surface area contributed by atoms with Crippen molar-refractivity contribution in [1.29, 1.82) is 0 Å². The summed E-state index contributed by atoms with van der Waals surface area (Å²) in [6, 6.07) is 1.22. The maximum Gasteiger partial charge on any atom is 0.255 e. The number of aromatic nitrogens is 1. The molecule has 1 aromatic heterocycles. The van der Waals surface area contributed by atoms with Gasteiger partial charge in [-0.25, -0.2) is 13.8 Å². The molecule has 100 valence electrons. The molecule has 0 bridgehead atoms. The maximum atomic E-state index is 12.4. The molecule has 0 saturated carbocycles. The standard InChI is InChI=1S/C10H14F2N4O2/c11-8(12)5-16(1-2-17)7-4-15-9(13)3-6(7)10(14)18/h3-4,8,17H,1-2,5H2,(H2,13,15)(H2,14,18). The Morgan fingerprint density at radius 1 is 1.56 bits per heavy atom. The Morgan fingerprint density at radius 2 is 2.22 bits per heavy atom. The van der Waals surface area contributed by atoms with E-state index in [-0.39, 0.29) is 30.2 Å². The molecule has 0 aliphatic heterocycles. The number of nitrogen functional groups attached to an aromatic ring is 1. The molecule has 0 spiro atoms. The van der Waals surface area contributed by atoms with E-state index in [1.54, 1.807) is 0 Å². The van der Waals surface area contributed by atoms with Gasteiger partial charge in [0.05, 0.1) is 30.6 Å². The molecule has 0 unspecified atom stereocenters. The van der Waals surface area contributed by atoms with Gasteiger partial charge in [0, 0.05) is 6.54 Å². The van der Waals surface area contributed by atoms with Gasteiger partial charge in [0.1, 0.15) is 5.82 Å². The highest BCUT2D eigenvalue weighted by Crippen LogP contribution is 2.21. The molecule has 0 atom stereocenters. The number of carbonyl (C=O) groups is 1. The first-order valence-corrected chi connectivity index (χ1v) is 5.15. The Kier molecular flexibility index (Phi) is 4.78. The second-order valence-corrected chi connectivity index (χ2v) is 3.55. The van der Waals surface area contributed by atoms with Crippen molar-refractivity contribution in [3.05, 3.63) is 17.8 Å². The van der Waals surface area contributed by atoms with Crippen molar-refractivity contribution in [2.45, 2.75) is 6.43 Å². The third-order valence-corrected chi connectivity index (χ3v) is 2.24. The van der Waals surface area contributed by atoms with Crippen LogP contribution in [0.2, 0.25) is 0 Å². The number of nitrogens with two attached hydrogens (primary N) is 2. The zero-order valence-electron chi connectivity index (χ0n) is 9.51. The molecular weight excluding hydrogens is 246 g/mol. The summed E-state index contributed by atoms with van der Waals surface area (Å²) in [5, 5.41) is 8.85. The van der Waals surface area contributed by atoms with Crippen LogP contribution < -0.4 is 16.4 Å². The van der Waals surface area contributed by atoms with Crippen molar-refractivity contribution in [2.24, 2.45) is 5.73 Å². The topological polar surface area (TPSA) is 105 Å². The first-order valence-electron chi connectivity index (χ1n) is 5.15. The Morgan fingerprint density at radius 3 is 2.72 bits per heavy atom. The van der Waals surface area contributed by atoms with Crippen LogP contribution in [0.1, 0.15) is 10.4 Å². The second kappa shape index (κ2) is 6.10. The highest BCUT2D eigenvalue weighted by atomic mass is 19.3. The van der Waals surface area contributed by atoms with E-state index < -0.39 is 18.9 Å². The molecule has 1 aromatic rings. The quantitative estimate of drug-likeness (QED) is 0.658. The SMILES string of the molecule is NC(=O)c1cc(N)ncc1N(CCO)CC(F)F. The molecule has 0 saturated heterocycles. The lowest BCUT2D eigenvalue weighted by atomic mass is 10.2. The smallest absolute Gasteiger partial charge is 0.255 e. The van der Waals surface area contributed by atoms with Crippen LogP contribution in [0.25, 0.3) is 0 Å². The maximum absolute atomic E-state index is 12.4. The number of aliphatic hydroxyl groups excluding tert-OH is 1. The fourth-order valence-corrected chi connectivity index (χ4v) is 1.51. The third-order valence-electron chi connectivity index (χ3n) is 2.24. The number of halogens is 2. The minimum Gasteiger partial charge on any atom is -0.395 e. The highest BCUT2D eigenvalue weighted by molar-refractivity contribution is 5.99. The average Bonchev–Trinajstić information content (AvgIpc) is 2.27. The van der Waals surface area contributed by atoms with Gasteiger partial charge in [0.15, 0.2) is 0 Å². The van der Waals surface area contributed by atoms with Crippen LogP contribution in [0.5, 0.6) is 0 Å². The van der Waals surface area contributed by atoms with Gasteiger partial charge < -0.3 is 21.5 Å². The predicted molar refractivity (Wildman–Crippen MR) is 62.5 cm³/mol. The first kappa shape index (κ1) is 14.1. The summed E-state index contributed by atoms with van der Waals surface area (Å²) in [7, 11) is 0. The fraction of sp³-hybridized carbons (Fsp3) is 0.400. The molecule has 8 heteroatoms. The molecule has 0 aliphatic rings. The van der Waals surface area contributed by atoms with Gasteiger partial charge in [0.2, 0.25) is 0 Å². The van der Waals surface area contributed by atoms with Gasteiger partial charge in [-0.05, 0) is 6.07 Å². The lowest BCUT2D eigenvalue weighted by molar-refractivity contribution is 0.0999. The number of nitrogens with zero attached hydrogens (tertiary/aromatic N) is 2. The summed E-state index contributed by atoms with van der Waals surface area (Å²) in [4.78, 5) is 16.1. The number of rotatable bonds is 6. The normalized spacial score (nSPS) is 10.7. The van der Waals surface area contributed by atoms with Crippen molar-refractivity contribution in [2.75, 3.05) is 30.3 Å². The van der Waals surface area contributed by atoms with Gasteiger partial charge >= 0.3 is 0 Å². The van der Waals surface area contributed by atoms with Crippen molar-refractivity contribution >= 4 is 17.4 Å². The Hall–Kier alpha value is -1.96. The van der Waals surface area contributed by atoms with Gasteiger partial charge in [0.25, 0.3) is 12.3 Å². The highest BCUT2D eigenvalue weighted by Gasteiger charge is 2.18. The number of alkyl halides is 2. The molecule has 0 fully saturated rings. The lowest BCUT2D eigenvalue weighted by Crippen LogP contribution is -2.33. The largest absolute Gasteiger partial charge is 0.395 e. The molecule has 5 N–H and O–H groups in total. The van der Waals surface area contributed by atoms with E-state index in [1.165, 1.54) is 12.3 Å². The molecule has 0 aliphatic carbocycles. The van der Waals surface area contributed by atoms with Gasteiger partial charge in [-0.15, -0.1) is 0 Å². The zero-order valence-corrected chi connectivity index (χ0v) is 9.51. The van der Waals surface area contributed by atoms with E-state index in [0.717, 1.165) is 4.90 Å². The molecule has 6 nitrogen and oxygen atoms in total. The number of hydrogen-bond donors (Lipinski definition) is 3. The van der Waals surface area contributed by atoms with Crippen LogP contribution in [-0.4, -0.2) is 42.1 Å². The van der Waals surface area contributed by atoms with E-state index in [4.69, 9.17) is 16.6 Å². The van der Waals surface area contributed by atoms with E-state index in [1.807, 2.05) is 0 Å². The van der Waals surface area contributed by atoms with Crippen molar-refractivity contribution in [3.8, 4) is 0 Å². The average molecular weight is 260 g/mol. The summed E-state index contributed by atoms with van der Waals surface area (Å²) in [5.74, 6) is -0.732. The van der Waals surface area contributed by atoms with Crippen LogP contribution in [0.4, 0.5) is 20.3 Å². The molecule has 1 amide bonds. The van der Waals surface area contributed by atoms with Crippen molar-refractivity contribution in [3.63, 3.8) is 0 Å². The van der Waals surface area contributed by atoms with Crippen LogP contribution in [0, 0.1) is 0 Å². The van der Waals surface area contributed by atoms with Gasteiger partial charge in [-0.1, -0.05) is 0 Å². The summed E-state index contributed by atoms with van der Waals surface area (Å²) in [5.41, 5.74) is 10.7. The summed E-state index contributed by atoms with van der Waals surface area (Å²) >= 11 is 0. The third kappa shape index (κ3) is 3.52. The van der Waals surface area contributed by atoms with Crippen LogP contribution in [-0.2, 0) is 0 Å². The number of aliphatic hydroxyl groups is 1. The molecule has 0 radical (unpaired) electrons. The molecule has 0 aromatic carbocycles.